The summed E-state index contributed by atoms with van der Waals surface area (Å²) in [6.07, 6.45) is 5.22. The van der Waals surface area contributed by atoms with E-state index in [2.05, 4.69) is 4.98 Å². The second-order valence-corrected chi connectivity index (χ2v) is 5.25. The van der Waals surface area contributed by atoms with Gasteiger partial charge in [-0.1, -0.05) is 18.0 Å². The van der Waals surface area contributed by atoms with Crippen LogP contribution in [0.1, 0.15) is 32.6 Å². The van der Waals surface area contributed by atoms with Crippen LogP contribution in [-0.4, -0.2) is 23.3 Å². The molecular weight excluding hydrogens is 270 g/mol. The average molecular weight is 288 g/mol. The lowest BCUT2D eigenvalue weighted by Gasteiger charge is -2.03. The first-order valence-electron chi connectivity index (χ1n) is 6.13. The lowest BCUT2D eigenvalue weighted by atomic mass is 10.2. The molecule has 100 valence electrons. The van der Waals surface area contributed by atoms with Gasteiger partial charge in [-0.15, -0.1) is 11.8 Å². The third-order valence-corrected chi connectivity index (χ3v) is 3.80. The van der Waals surface area contributed by atoms with E-state index in [4.69, 9.17) is 16.3 Å². The van der Waals surface area contributed by atoms with E-state index in [1.165, 1.54) is 0 Å². The molecule has 0 unspecified atom stereocenters. The second kappa shape index (κ2) is 9.22. The molecule has 0 saturated carbocycles. The lowest BCUT2D eigenvalue weighted by molar-refractivity contribution is -0.143. The van der Waals surface area contributed by atoms with E-state index in [-0.39, 0.29) is 5.97 Å². The summed E-state index contributed by atoms with van der Waals surface area (Å²) in [4.78, 5) is 15.3. The number of carbonyl (C=O) groups excluding carboxylic acids is 1. The normalized spacial score (nSPS) is 10.3. The van der Waals surface area contributed by atoms with Gasteiger partial charge in [-0.2, -0.15) is 0 Å². The molecule has 3 nitrogen and oxygen atoms in total. The second-order valence-electron chi connectivity index (χ2n) is 3.75. The minimum absolute atomic E-state index is 0.0991. The average Bonchev–Trinajstić information content (AvgIpc) is 2.36. The minimum Gasteiger partial charge on any atom is -0.466 e. The molecule has 0 spiro atoms. The SMILES string of the molecule is CCOC(=O)CCCCCSc1ncccc1Cl. The maximum absolute atomic E-state index is 11.1. The quantitative estimate of drug-likeness (QED) is 0.412. The fraction of sp³-hybridized carbons (Fsp3) is 0.538. The summed E-state index contributed by atoms with van der Waals surface area (Å²) >= 11 is 7.65. The predicted octanol–water partition coefficient (Wildman–Crippen LogP) is 3.95. The number of rotatable bonds is 8. The zero-order chi connectivity index (χ0) is 13.2. The molecule has 18 heavy (non-hydrogen) atoms. The summed E-state index contributed by atoms with van der Waals surface area (Å²) in [5.41, 5.74) is 0. The van der Waals surface area contributed by atoms with Gasteiger partial charge in [-0.05, 0) is 37.7 Å². The van der Waals surface area contributed by atoms with Crippen molar-refractivity contribution in [1.29, 1.82) is 0 Å². The van der Waals surface area contributed by atoms with E-state index >= 15 is 0 Å². The van der Waals surface area contributed by atoms with Crippen LogP contribution < -0.4 is 0 Å². The van der Waals surface area contributed by atoms with Gasteiger partial charge in [-0.25, -0.2) is 4.98 Å². The van der Waals surface area contributed by atoms with Crippen LogP contribution in [0.4, 0.5) is 0 Å². The highest BCUT2D eigenvalue weighted by Gasteiger charge is 2.03. The van der Waals surface area contributed by atoms with Crippen LogP contribution >= 0.6 is 23.4 Å². The number of hydrogen-bond donors (Lipinski definition) is 0. The van der Waals surface area contributed by atoms with E-state index in [1.807, 2.05) is 19.1 Å². The first-order chi connectivity index (χ1) is 8.74. The highest BCUT2D eigenvalue weighted by atomic mass is 35.5. The molecule has 1 aromatic rings. The van der Waals surface area contributed by atoms with E-state index in [0.29, 0.717) is 18.1 Å². The Labute approximate surface area is 117 Å². The van der Waals surface area contributed by atoms with Gasteiger partial charge in [-0.3, -0.25) is 4.79 Å². The summed E-state index contributed by atoms with van der Waals surface area (Å²) in [6, 6.07) is 3.67. The molecule has 0 fully saturated rings. The number of nitrogens with zero attached hydrogens (tertiary/aromatic N) is 1. The van der Waals surface area contributed by atoms with Crippen LogP contribution in [0.15, 0.2) is 23.4 Å². The summed E-state index contributed by atoms with van der Waals surface area (Å²) in [6.45, 7) is 2.29. The predicted molar refractivity (Wildman–Crippen MR) is 75.1 cm³/mol. The van der Waals surface area contributed by atoms with Crippen molar-refractivity contribution in [2.24, 2.45) is 0 Å². The Hall–Kier alpha value is -0.740. The highest BCUT2D eigenvalue weighted by molar-refractivity contribution is 7.99. The topological polar surface area (TPSA) is 39.2 Å². The molecule has 0 N–H and O–H groups in total. The monoisotopic (exact) mass is 287 g/mol. The van der Waals surface area contributed by atoms with Gasteiger partial charge in [0.05, 0.1) is 11.6 Å². The van der Waals surface area contributed by atoms with Crippen LogP contribution in [0.5, 0.6) is 0 Å². The molecule has 0 aliphatic carbocycles. The summed E-state index contributed by atoms with van der Waals surface area (Å²) in [7, 11) is 0. The fourth-order valence-corrected chi connectivity index (χ4v) is 2.60. The number of pyridine rings is 1. The van der Waals surface area contributed by atoms with Gasteiger partial charge in [0.25, 0.3) is 0 Å². The van der Waals surface area contributed by atoms with Crippen LogP contribution in [0.2, 0.25) is 5.02 Å². The molecule has 1 heterocycles. The van der Waals surface area contributed by atoms with Gasteiger partial charge in [0, 0.05) is 12.6 Å². The molecule has 0 atom stereocenters. The third kappa shape index (κ3) is 6.26. The van der Waals surface area contributed by atoms with Crippen LogP contribution in [-0.2, 0) is 9.53 Å². The summed E-state index contributed by atoms with van der Waals surface area (Å²) in [5, 5.41) is 1.58. The number of thioether (sulfide) groups is 1. The van der Waals surface area contributed by atoms with E-state index in [0.717, 1.165) is 30.0 Å². The van der Waals surface area contributed by atoms with Crippen molar-refractivity contribution in [1.82, 2.24) is 4.98 Å². The van der Waals surface area contributed by atoms with E-state index < -0.39 is 0 Å². The number of ether oxygens (including phenoxy) is 1. The Morgan fingerprint density at radius 1 is 1.44 bits per heavy atom. The zero-order valence-corrected chi connectivity index (χ0v) is 12.1. The fourth-order valence-electron chi connectivity index (χ4n) is 1.43. The van der Waals surface area contributed by atoms with Crippen molar-refractivity contribution >= 4 is 29.3 Å². The van der Waals surface area contributed by atoms with Crippen LogP contribution in [0.25, 0.3) is 0 Å². The van der Waals surface area contributed by atoms with Crippen LogP contribution in [0, 0.1) is 0 Å². The molecule has 0 saturated heterocycles. The molecule has 0 aliphatic rings. The van der Waals surface area contributed by atoms with Crippen molar-refractivity contribution in [2.75, 3.05) is 12.4 Å². The van der Waals surface area contributed by atoms with Gasteiger partial charge >= 0.3 is 5.97 Å². The molecule has 0 aromatic carbocycles. The van der Waals surface area contributed by atoms with Crippen LogP contribution in [0.3, 0.4) is 0 Å². The van der Waals surface area contributed by atoms with Crippen molar-refractivity contribution in [3.05, 3.63) is 23.4 Å². The number of hydrogen-bond acceptors (Lipinski definition) is 4. The summed E-state index contributed by atoms with van der Waals surface area (Å²) in [5.74, 6) is 0.873. The molecule has 0 radical (unpaired) electrons. The van der Waals surface area contributed by atoms with Crippen molar-refractivity contribution < 1.29 is 9.53 Å². The number of aromatic nitrogens is 1. The number of unbranched alkanes of at least 4 members (excludes halogenated alkanes) is 2. The summed E-state index contributed by atoms with van der Waals surface area (Å²) < 4.78 is 4.86. The molecule has 1 aromatic heterocycles. The number of halogens is 1. The molecule has 5 heteroatoms. The maximum atomic E-state index is 11.1. The first-order valence-corrected chi connectivity index (χ1v) is 7.49. The molecule has 1 rings (SSSR count). The smallest absolute Gasteiger partial charge is 0.305 e. The minimum atomic E-state index is -0.0991. The molecule has 0 amide bonds. The Morgan fingerprint density at radius 2 is 2.28 bits per heavy atom. The standard InChI is InChI=1S/C13H18ClNO2S/c1-2-17-12(16)8-4-3-5-10-18-13-11(14)7-6-9-15-13/h6-7,9H,2-5,8,10H2,1H3. The number of esters is 1. The van der Waals surface area contributed by atoms with Gasteiger partial charge in [0.2, 0.25) is 0 Å². The Kier molecular flexibility index (Phi) is 7.85. The maximum Gasteiger partial charge on any atom is 0.305 e. The van der Waals surface area contributed by atoms with Crippen molar-refractivity contribution in [3.63, 3.8) is 0 Å². The molecule has 0 aliphatic heterocycles. The van der Waals surface area contributed by atoms with Gasteiger partial charge in [0.15, 0.2) is 0 Å². The Balaban J connectivity index is 2.06. The zero-order valence-electron chi connectivity index (χ0n) is 10.5. The molecular formula is C13H18ClNO2S. The molecule has 0 bridgehead atoms. The van der Waals surface area contributed by atoms with Gasteiger partial charge < -0.3 is 4.74 Å². The number of carbonyl (C=O) groups is 1. The van der Waals surface area contributed by atoms with E-state index in [9.17, 15) is 4.79 Å². The Morgan fingerprint density at radius 3 is 3.00 bits per heavy atom. The van der Waals surface area contributed by atoms with Gasteiger partial charge in [0.1, 0.15) is 5.03 Å². The first kappa shape index (κ1) is 15.3. The lowest BCUT2D eigenvalue weighted by Crippen LogP contribution is -2.03. The largest absolute Gasteiger partial charge is 0.466 e. The van der Waals surface area contributed by atoms with Crippen molar-refractivity contribution in [2.45, 2.75) is 37.6 Å². The third-order valence-electron chi connectivity index (χ3n) is 2.29. The Bertz CT molecular complexity index is 374. The highest BCUT2D eigenvalue weighted by Crippen LogP contribution is 2.24. The van der Waals surface area contributed by atoms with Crippen molar-refractivity contribution in [3.8, 4) is 0 Å². The van der Waals surface area contributed by atoms with E-state index in [1.54, 1.807) is 18.0 Å².